The zero-order chi connectivity index (χ0) is 16.0. The number of nitriles is 1. The molecule has 3 aliphatic rings. The van der Waals surface area contributed by atoms with Crippen molar-refractivity contribution in [2.24, 2.45) is 11.8 Å². The molecule has 0 unspecified atom stereocenters. The maximum absolute atomic E-state index is 12.5. The number of anilines is 1. The molecule has 0 saturated carbocycles. The van der Waals surface area contributed by atoms with E-state index in [2.05, 4.69) is 11.0 Å². The Balaban J connectivity index is 1.86. The van der Waals surface area contributed by atoms with Crippen molar-refractivity contribution in [2.45, 2.75) is 24.5 Å². The molecule has 1 aromatic carbocycles. The predicted molar refractivity (Wildman–Crippen MR) is 85.4 cm³/mol. The third-order valence-corrected chi connectivity index (χ3v) is 5.72. The summed E-state index contributed by atoms with van der Waals surface area (Å²) in [5, 5.41) is 10.5. The van der Waals surface area contributed by atoms with Gasteiger partial charge < -0.3 is 14.4 Å². The Morgan fingerprint density at radius 1 is 1.52 bits per heavy atom. The number of hydrogen-bond donors (Lipinski definition) is 0. The maximum Gasteiger partial charge on any atom is 0.314 e. The molecule has 5 nitrogen and oxygen atoms in total. The number of benzene rings is 1. The van der Waals surface area contributed by atoms with Gasteiger partial charge in [-0.3, -0.25) is 4.79 Å². The van der Waals surface area contributed by atoms with Crippen molar-refractivity contribution in [3.8, 4) is 6.07 Å². The lowest BCUT2D eigenvalue weighted by Crippen LogP contribution is -2.47. The molecular formula is C17H16N2O3S. The monoisotopic (exact) mass is 328 g/mol. The summed E-state index contributed by atoms with van der Waals surface area (Å²) in [6.45, 7) is 2.70. The second kappa shape index (κ2) is 5.59. The van der Waals surface area contributed by atoms with Crippen LogP contribution < -0.4 is 4.90 Å². The molecule has 0 radical (unpaired) electrons. The van der Waals surface area contributed by atoms with E-state index in [1.165, 1.54) is 11.8 Å². The van der Waals surface area contributed by atoms with E-state index >= 15 is 0 Å². The van der Waals surface area contributed by atoms with Gasteiger partial charge in [0.05, 0.1) is 29.0 Å². The lowest BCUT2D eigenvalue weighted by Gasteiger charge is -2.39. The highest BCUT2D eigenvalue weighted by Crippen LogP contribution is 2.55. The Bertz CT molecular complexity index is 740. The molecule has 118 valence electrons. The van der Waals surface area contributed by atoms with Crippen molar-refractivity contribution >= 4 is 23.4 Å². The van der Waals surface area contributed by atoms with Crippen molar-refractivity contribution in [1.82, 2.24) is 0 Å². The summed E-state index contributed by atoms with van der Waals surface area (Å²) in [7, 11) is 0. The topological polar surface area (TPSA) is 62.6 Å². The number of hydrogen-bond acceptors (Lipinski definition) is 6. The molecule has 4 rings (SSSR count). The van der Waals surface area contributed by atoms with Gasteiger partial charge in [0, 0.05) is 17.4 Å². The first-order chi connectivity index (χ1) is 11.3. The van der Waals surface area contributed by atoms with E-state index in [0.717, 1.165) is 22.0 Å². The van der Waals surface area contributed by atoms with Gasteiger partial charge in [0.1, 0.15) is 12.1 Å². The number of nitrogens with zero attached hydrogens (tertiary/aromatic N) is 2. The summed E-state index contributed by atoms with van der Waals surface area (Å²) in [4.78, 5) is 15.7. The molecule has 3 aliphatic heterocycles. The predicted octanol–water partition coefficient (Wildman–Crippen LogP) is 2.89. The zero-order valence-electron chi connectivity index (χ0n) is 12.7. The average molecular weight is 328 g/mol. The molecule has 6 heteroatoms. The van der Waals surface area contributed by atoms with Gasteiger partial charge in [0.2, 0.25) is 0 Å². The highest BCUT2D eigenvalue weighted by molar-refractivity contribution is 8.03. The molecular weight excluding hydrogens is 312 g/mol. The number of para-hydroxylation sites is 1. The molecule has 3 heterocycles. The second-order valence-electron chi connectivity index (χ2n) is 5.71. The average Bonchev–Trinajstić information content (AvgIpc) is 3.17. The largest absolute Gasteiger partial charge is 0.465 e. The number of thioether (sulfide) groups is 1. The molecule has 0 spiro atoms. The van der Waals surface area contributed by atoms with Crippen molar-refractivity contribution in [3.63, 3.8) is 0 Å². The molecule has 23 heavy (non-hydrogen) atoms. The minimum absolute atomic E-state index is 0.0424. The van der Waals surface area contributed by atoms with Crippen LogP contribution >= 0.6 is 11.8 Å². The Kier molecular flexibility index (Phi) is 3.55. The normalized spacial score (nSPS) is 28.0. The number of esters is 1. The molecule has 0 bridgehead atoms. The van der Waals surface area contributed by atoms with Crippen molar-refractivity contribution in [1.29, 1.82) is 5.26 Å². The smallest absolute Gasteiger partial charge is 0.314 e. The Hall–Kier alpha value is -1.97. The van der Waals surface area contributed by atoms with Crippen LogP contribution in [-0.4, -0.2) is 25.4 Å². The SMILES string of the molecule is CCOC(=O)[C@H]1C(C#N)=C2Sc3ccccc3N2[C@@H]2OCC[C@H]12. The standard InChI is InChI=1S/C17H16N2O3S/c1-2-21-17(20)14-10-7-8-22-15(10)19-12-5-3-4-6-13(12)23-16(19)11(14)9-18/h3-6,10,14-15H,2,7-8H2,1H3/t10-,14-,15-/m1/s1. The first-order valence-corrected chi connectivity index (χ1v) is 8.56. The number of rotatable bonds is 2. The van der Waals surface area contributed by atoms with Crippen molar-refractivity contribution < 1.29 is 14.3 Å². The first-order valence-electron chi connectivity index (χ1n) is 7.75. The van der Waals surface area contributed by atoms with Gasteiger partial charge in [-0.05, 0) is 25.5 Å². The van der Waals surface area contributed by atoms with Gasteiger partial charge >= 0.3 is 5.97 Å². The molecule has 1 aromatic rings. The number of fused-ring (bicyclic) bond motifs is 5. The summed E-state index contributed by atoms with van der Waals surface area (Å²) < 4.78 is 11.2. The Morgan fingerprint density at radius 3 is 3.13 bits per heavy atom. The quantitative estimate of drug-likeness (QED) is 0.778. The van der Waals surface area contributed by atoms with E-state index in [4.69, 9.17) is 9.47 Å². The molecule has 0 aliphatic carbocycles. The van der Waals surface area contributed by atoms with Crippen LogP contribution in [0.2, 0.25) is 0 Å². The molecule has 0 aromatic heterocycles. The fourth-order valence-electron chi connectivity index (χ4n) is 3.62. The van der Waals surface area contributed by atoms with Crippen LogP contribution in [0.5, 0.6) is 0 Å². The van der Waals surface area contributed by atoms with Crippen molar-refractivity contribution in [3.05, 3.63) is 34.9 Å². The number of ether oxygens (including phenoxy) is 2. The van der Waals surface area contributed by atoms with Crippen LogP contribution in [0, 0.1) is 23.2 Å². The summed E-state index contributed by atoms with van der Waals surface area (Å²) in [6, 6.07) is 10.3. The molecule has 0 amide bonds. The lowest BCUT2D eigenvalue weighted by atomic mass is 9.81. The van der Waals surface area contributed by atoms with Crippen LogP contribution in [0.3, 0.4) is 0 Å². The van der Waals surface area contributed by atoms with Crippen LogP contribution in [-0.2, 0) is 14.3 Å². The fraction of sp³-hybridized carbons (Fsp3) is 0.412. The van der Waals surface area contributed by atoms with Gasteiger partial charge in [-0.15, -0.1) is 0 Å². The Labute approximate surface area is 138 Å². The molecule has 3 atom stereocenters. The minimum Gasteiger partial charge on any atom is -0.465 e. The van der Waals surface area contributed by atoms with Gasteiger partial charge in [0.25, 0.3) is 0 Å². The summed E-state index contributed by atoms with van der Waals surface area (Å²) in [5.74, 6) is -0.882. The lowest BCUT2D eigenvalue weighted by molar-refractivity contribution is -0.149. The van der Waals surface area contributed by atoms with Crippen LogP contribution in [0.4, 0.5) is 5.69 Å². The van der Waals surface area contributed by atoms with E-state index in [1.54, 1.807) is 6.92 Å². The highest BCUT2D eigenvalue weighted by atomic mass is 32.2. The van der Waals surface area contributed by atoms with Crippen LogP contribution in [0.15, 0.2) is 39.8 Å². The minimum atomic E-state index is -0.527. The highest BCUT2D eigenvalue weighted by Gasteiger charge is 2.52. The van der Waals surface area contributed by atoms with E-state index in [-0.39, 0.29) is 18.1 Å². The summed E-state index contributed by atoms with van der Waals surface area (Å²) in [5.41, 5.74) is 1.57. The van der Waals surface area contributed by atoms with Gasteiger partial charge in [-0.1, -0.05) is 23.9 Å². The van der Waals surface area contributed by atoms with E-state index in [0.29, 0.717) is 18.8 Å². The van der Waals surface area contributed by atoms with E-state index in [9.17, 15) is 10.1 Å². The fourth-order valence-corrected chi connectivity index (χ4v) is 4.83. The van der Waals surface area contributed by atoms with Crippen LogP contribution in [0.1, 0.15) is 13.3 Å². The molecule has 1 saturated heterocycles. The number of carbonyl (C=O) groups is 1. The summed E-state index contributed by atoms with van der Waals surface area (Å²) in [6.07, 6.45) is 0.559. The van der Waals surface area contributed by atoms with Gasteiger partial charge in [0.15, 0.2) is 0 Å². The van der Waals surface area contributed by atoms with Gasteiger partial charge in [-0.2, -0.15) is 5.26 Å². The first kappa shape index (κ1) is 14.6. The summed E-state index contributed by atoms with van der Waals surface area (Å²) >= 11 is 1.54. The van der Waals surface area contributed by atoms with Crippen LogP contribution in [0.25, 0.3) is 0 Å². The third kappa shape index (κ3) is 2.07. The maximum atomic E-state index is 12.5. The Morgan fingerprint density at radius 2 is 2.35 bits per heavy atom. The number of carbonyl (C=O) groups excluding carboxylic acids is 1. The molecule has 1 fully saturated rings. The second-order valence-corrected chi connectivity index (χ2v) is 6.74. The van der Waals surface area contributed by atoms with E-state index < -0.39 is 5.92 Å². The third-order valence-electron chi connectivity index (χ3n) is 4.54. The van der Waals surface area contributed by atoms with Crippen molar-refractivity contribution in [2.75, 3.05) is 18.1 Å². The molecule has 0 N–H and O–H groups in total. The van der Waals surface area contributed by atoms with Gasteiger partial charge in [-0.25, -0.2) is 0 Å². The zero-order valence-corrected chi connectivity index (χ0v) is 13.5. The van der Waals surface area contributed by atoms with E-state index in [1.807, 2.05) is 24.3 Å².